The van der Waals surface area contributed by atoms with E-state index in [4.69, 9.17) is 0 Å². The Morgan fingerprint density at radius 3 is 2.54 bits per heavy atom. The molecule has 1 fully saturated rings. The maximum absolute atomic E-state index is 13.3. The second kappa shape index (κ2) is 13.1. The lowest BCUT2D eigenvalue weighted by Gasteiger charge is -2.26. The van der Waals surface area contributed by atoms with E-state index in [0.29, 0.717) is 31.5 Å². The third-order valence-electron chi connectivity index (χ3n) is 7.17. The van der Waals surface area contributed by atoms with Gasteiger partial charge in [-0.1, -0.05) is 61.4 Å². The molecule has 0 radical (unpaired) electrons. The van der Waals surface area contributed by atoms with Crippen LogP contribution in [0.2, 0.25) is 0 Å². The number of benzene rings is 1. The molecule has 37 heavy (non-hydrogen) atoms. The molecule has 1 saturated carbocycles. The molecule has 5 amide bonds. The third-order valence-corrected chi connectivity index (χ3v) is 7.17. The molecule has 1 aromatic rings. The summed E-state index contributed by atoms with van der Waals surface area (Å²) in [6.07, 6.45) is 14.6. The first-order chi connectivity index (χ1) is 18.0. The molecule has 1 atom stereocenters. The van der Waals surface area contributed by atoms with E-state index in [9.17, 15) is 19.2 Å². The fourth-order valence-corrected chi connectivity index (χ4v) is 5.17. The molecule has 8 nitrogen and oxygen atoms in total. The molecule has 0 spiro atoms. The summed E-state index contributed by atoms with van der Waals surface area (Å²) in [5.41, 5.74) is 1.75. The van der Waals surface area contributed by atoms with Crippen LogP contribution in [0.3, 0.4) is 0 Å². The molecule has 2 aliphatic carbocycles. The van der Waals surface area contributed by atoms with E-state index in [1.807, 2.05) is 18.2 Å². The van der Waals surface area contributed by atoms with Gasteiger partial charge < -0.3 is 10.6 Å². The Morgan fingerprint density at radius 2 is 1.76 bits per heavy atom. The fraction of sp³-hybridized carbons (Fsp3) is 0.483. The average Bonchev–Trinajstić information content (AvgIpc) is 3.42. The summed E-state index contributed by atoms with van der Waals surface area (Å²) >= 11 is 0. The van der Waals surface area contributed by atoms with Crippen LogP contribution in [0.4, 0.5) is 4.79 Å². The summed E-state index contributed by atoms with van der Waals surface area (Å²) < 4.78 is 1.41. The second-order valence-electron chi connectivity index (χ2n) is 9.95. The molecule has 3 aliphatic rings. The molecule has 2 N–H and O–H groups in total. The van der Waals surface area contributed by atoms with Gasteiger partial charge in [-0.15, -0.1) is 0 Å². The lowest BCUT2D eigenvalue weighted by molar-refractivity contribution is -0.428. The Labute approximate surface area is 218 Å². The van der Waals surface area contributed by atoms with Crippen LogP contribution in [0.25, 0.3) is 0 Å². The molecule has 0 bridgehead atoms. The highest BCUT2D eigenvalue weighted by Gasteiger charge is 2.46. The molecule has 1 unspecified atom stereocenters. The van der Waals surface area contributed by atoms with Crippen molar-refractivity contribution in [2.45, 2.75) is 63.8 Å². The molecular formula is C29H37N4O4+. The minimum Gasteiger partial charge on any atom is -0.353 e. The van der Waals surface area contributed by atoms with Gasteiger partial charge in [0.25, 0.3) is 5.91 Å². The van der Waals surface area contributed by atoms with E-state index in [-0.39, 0.29) is 36.9 Å². The van der Waals surface area contributed by atoms with E-state index in [2.05, 4.69) is 22.8 Å². The fourth-order valence-electron chi connectivity index (χ4n) is 5.17. The van der Waals surface area contributed by atoms with Crippen molar-refractivity contribution in [1.82, 2.24) is 15.5 Å². The summed E-state index contributed by atoms with van der Waals surface area (Å²) in [6.45, 7) is 0.600. The number of allylic oxidation sites excluding steroid dienone is 3. The maximum Gasteiger partial charge on any atom is 0.501 e. The number of hydrogen-bond acceptors (Lipinski definition) is 4. The van der Waals surface area contributed by atoms with Crippen molar-refractivity contribution in [3.63, 3.8) is 0 Å². The summed E-state index contributed by atoms with van der Waals surface area (Å²) in [7, 11) is 0. The van der Waals surface area contributed by atoms with Crippen molar-refractivity contribution in [3.05, 3.63) is 60.2 Å². The summed E-state index contributed by atoms with van der Waals surface area (Å²) in [5.74, 6) is -1.09. The van der Waals surface area contributed by atoms with Gasteiger partial charge in [0, 0.05) is 19.0 Å². The molecule has 196 valence electrons. The number of hydrogen-bond donors (Lipinski definition) is 2. The van der Waals surface area contributed by atoms with Gasteiger partial charge in [0.2, 0.25) is 5.91 Å². The monoisotopic (exact) mass is 505 g/mol. The molecule has 4 rings (SSSR count). The zero-order chi connectivity index (χ0) is 26.0. The van der Waals surface area contributed by atoms with E-state index < -0.39 is 11.9 Å². The predicted molar refractivity (Wildman–Crippen MR) is 141 cm³/mol. The molecule has 8 heteroatoms. The largest absolute Gasteiger partial charge is 0.501 e. The molecule has 1 aliphatic heterocycles. The number of aryl methyl sites for hydroxylation is 1. The Balaban J connectivity index is 1.29. The highest BCUT2D eigenvalue weighted by molar-refractivity contribution is 6.16. The Bertz CT molecular complexity index is 1090. The number of amides is 5. The maximum atomic E-state index is 13.3. The lowest BCUT2D eigenvalue weighted by Crippen LogP contribution is -2.56. The van der Waals surface area contributed by atoms with Crippen LogP contribution < -0.4 is 10.6 Å². The number of imide groups is 1. The highest BCUT2D eigenvalue weighted by Crippen LogP contribution is 2.21. The Kier molecular flexibility index (Phi) is 9.40. The zero-order valence-corrected chi connectivity index (χ0v) is 21.4. The SMILES string of the molecule is O=C(C[N+]1=C2C=CC=CC2C(=O)N(CCCCC(=O)NC2CCCC2)C1=O)NCCCc1ccccc1. The van der Waals surface area contributed by atoms with Gasteiger partial charge in [0.05, 0.1) is 6.54 Å². The topological polar surface area (TPSA) is 98.6 Å². The van der Waals surface area contributed by atoms with Crippen molar-refractivity contribution in [3.8, 4) is 0 Å². The second-order valence-corrected chi connectivity index (χ2v) is 9.95. The first-order valence-corrected chi connectivity index (χ1v) is 13.5. The molecule has 0 aromatic heterocycles. The van der Waals surface area contributed by atoms with Crippen molar-refractivity contribution in [2.75, 3.05) is 19.6 Å². The van der Waals surface area contributed by atoms with Crippen LogP contribution in [0.15, 0.2) is 54.6 Å². The van der Waals surface area contributed by atoms with Crippen LogP contribution in [0, 0.1) is 5.92 Å². The standard InChI is InChI=1S/C29H36N4O4/c34-26(31-23-14-4-5-15-23)18-8-9-20-32-28(36)24-16-6-7-17-25(24)33(29(32)37)21-27(35)30-19-10-13-22-11-2-1-3-12-22/h1-3,6-7,11-12,16-17,23-24H,4-5,8-10,13-15,18-21H2,(H-,30,31,34,35)/p+1. The number of nitrogens with one attached hydrogen (secondary N) is 2. The number of carbonyl (C=O) groups excluding carboxylic acids is 4. The highest BCUT2D eigenvalue weighted by atomic mass is 16.2. The van der Waals surface area contributed by atoms with Crippen LogP contribution in [0.5, 0.6) is 0 Å². The van der Waals surface area contributed by atoms with Gasteiger partial charge in [0.1, 0.15) is 11.6 Å². The van der Waals surface area contributed by atoms with Crippen molar-refractivity contribution in [2.24, 2.45) is 5.92 Å². The minimum absolute atomic E-state index is 0.0322. The summed E-state index contributed by atoms with van der Waals surface area (Å²) in [4.78, 5) is 52.5. The van der Waals surface area contributed by atoms with Crippen molar-refractivity contribution < 1.29 is 23.8 Å². The van der Waals surface area contributed by atoms with Gasteiger partial charge in [-0.05, 0) is 50.2 Å². The van der Waals surface area contributed by atoms with Gasteiger partial charge >= 0.3 is 11.9 Å². The molecular weight excluding hydrogens is 468 g/mol. The summed E-state index contributed by atoms with van der Waals surface area (Å²) in [6, 6.07) is 9.88. The molecule has 1 heterocycles. The Morgan fingerprint density at radius 1 is 0.973 bits per heavy atom. The summed E-state index contributed by atoms with van der Waals surface area (Å²) in [5, 5.41) is 5.97. The normalized spacial score (nSPS) is 19.4. The van der Waals surface area contributed by atoms with E-state index in [1.165, 1.54) is 15.0 Å². The van der Waals surface area contributed by atoms with Crippen LogP contribution >= 0.6 is 0 Å². The number of nitrogens with zero attached hydrogens (tertiary/aromatic N) is 2. The van der Waals surface area contributed by atoms with Gasteiger partial charge in [-0.3, -0.25) is 9.59 Å². The first-order valence-electron chi connectivity index (χ1n) is 13.5. The Hall–Kier alpha value is -3.55. The smallest absolute Gasteiger partial charge is 0.353 e. The van der Waals surface area contributed by atoms with Gasteiger partial charge in [-0.25, -0.2) is 4.79 Å². The first kappa shape index (κ1) is 26.5. The van der Waals surface area contributed by atoms with Crippen molar-refractivity contribution >= 4 is 29.5 Å². The number of rotatable bonds is 12. The third kappa shape index (κ3) is 7.24. The van der Waals surface area contributed by atoms with E-state index in [1.54, 1.807) is 24.3 Å². The van der Waals surface area contributed by atoms with Crippen LogP contribution in [-0.4, -0.2) is 64.6 Å². The van der Waals surface area contributed by atoms with Crippen LogP contribution in [-0.2, 0) is 20.8 Å². The lowest BCUT2D eigenvalue weighted by atomic mass is 9.94. The predicted octanol–water partition coefficient (Wildman–Crippen LogP) is 3.12. The zero-order valence-electron chi connectivity index (χ0n) is 21.4. The van der Waals surface area contributed by atoms with Crippen LogP contribution in [0.1, 0.15) is 56.9 Å². The number of unbranched alkanes of at least 4 members (excludes halogenated alkanes) is 1. The number of urea groups is 1. The quantitative estimate of drug-likeness (QED) is 0.337. The molecule has 1 aromatic carbocycles. The van der Waals surface area contributed by atoms with E-state index in [0.717, 1.165) is 38.5 Å². The van der Waals surface area contributed by atoms with Gasteiger partial charge in [-0.2, -0.15) is 14.3 Å². The van der Waals surface area contributed by atoms with E-state index >= 15 is 0 Å². The van der Waals surface area contributed by atoms with Gasteiger partial charge in [0.15, 0.2) is 6.54 Å². The molecule has 0 saturated heterocycles. The average molecular weight is 506 g/mol. The number of carbonyl (C=O) groups is 4. The minimum atomic E-state index is -0.584. The van der Waals surface area contributed by atoms with Crippen molar-refractivity contribution in [1.29, 1.82) is 0 Å². The number of fused-ring (bicyclic) bond motifs is 1.